The van der Waals surface area contributed by atoms with E-state index >= 15 is 0 Å². The fourth-order valence-electron chi connectivity index (χ4n) is 4.26. The van der Waals surface area contributed by atoms with Gasteiger partial charge in [0.25, 0.3) is 5.91 Å². The van der Waals surface area contributed by atoms with Crippen molar-refractivity contribution in [3.8, 4) is 0 Å². The van der Waals surface area contributed by atoms with E-state index in [1.54, 1.807) is 12.1 Å². The van der Waals surface area contributed by atoms with Gasteiger partial charge in [-0.05, 0) is 48.4 Å². The molecule has 2 amide bonds. The average Bonchev–Trinajstić information content (AvgIpc) is 2.79. The Labute approximate surface area is 187 Å². The molecule has 1 aliphatic heterocycles. The lowest BCUT2D eigenvalue weighted by atomic mass is 9.82. The maximum absolute atomic E-state index is 12.7. The standard InChI is InChI=1S/C25H27ClN2O3/c1-16(17-7-3-2-4-8-17)15-27-24(29)19-11-12-22-21(13-19)28-25(30)23(31-22)14-18-9-5-6-10-20(18)26/h2-10,14,16,19,21-22H,11-13,15H2,1H3,(H,27,29)(H,28,30)/b23-14+. The third kappa shape index (κ3) is 5.10. The Hall–Kier alpha value is -2.79. The van der Waals surface area contributed by atoms with E-state index in [0.717, 1.165) is 18.4 Å². The SMILES string of the molecule is CC(CNC(=O)C1CCC2O/C(=C/c3ccccc3Cl)C(=O)NC2C1)c1ccccc1. The molecule has 4 unspecified atom stereocenters. The zero-order chi connectivity index (χ0) is 21.8. The molecule has 2 aromatic carbocycles. The van der Waals surface area contributed by atoms with Gasteiger partial charge in [-0.2, -0.15) is 0 Å². The lowest BCUT2D eigenvalue weighted by Gasteiger charge is -2.39. The summed E-state index contributed by atoms with van der Waals surface area (Å²) in [6.45, 7) is 2.70. The molecule has 4 rings (SSSR count). The van der Waals surface area contributed by atoms with E-state index in [9.17, 15) is 9.59 Å². The molecule has 1 heterocycles. The largest absolute Gasteiger partial charge is 0.483 e. The number of hydrogen-bond acceptors (Lipinski definition) is 3. The molecule has 2 aliphatic rings. The molecule has 2 N–H and O–H groups in total. The summed E-state index contributed by atoms with van der Waals surface area (Å²) < 4.78 is 6.00. The molecule has 0 radical (unpaired) electrons. The van der Waals surface area contributed by atoms with Crippen LogP contribution in [0.3, 0.4) is 0 Å². The molecular weight excluding hydrogens is 412 g/mol. The number of halogens is 1. The van der Waals surface area contributed by atoms with Gasteiger partial charge in [0.15, 0.2) is 5.76 Å². The van der Waals surface area contributed by atoms with Crippen LogP contribution in [0.25, 0.3) is 6.08 Å². The van der Waals surface area contributed by atoms with Crippen molar-refractivity contribution in [3.63, 3.8) is 0 Å². The molecule has 31 heavy (non-hydrogen) atoms. The molecule has 6 heteroatoms. The quantitative estimate of drug-likeness (QED) is 0.684. The molecule has 5 nitrogen and oxygen atoms in total. The number of rotatable bonds is 5. The number of carbonyl (C=O) groups excluding carboxylic acids is 2. The minimum absolute atomic E-state index is 0.0490. The van der Waals surface area contributed by atoms with Gasteiger partial charge in [0, 0.05) is 17.5 Å². The van der Waals surface area contributed by atoms with Gasteiger partial charge in [-0.25, -0.2) is 0 Å². The predicted octanol–water partition coefficient (Wildman–Crippen LogP) is 4.28. The average molecular weight is 439 g/mol. The third-order valence-electron chi connectivity index (χ3n) is 6.12. The van der Waals surface area contributed by atoms with E-state index in [0.29, 0.717) is 18.0 Å². The fourth-order valence-corrected chi connectivity index (χ4v) is 4.45. The second-order valence-corrected chi connectivity index (χ2v) is 8.74. The highest BCUT2D eigenvalue weighted by atomic mass is 35.5. The Bertz CT molecular complexity index is 976. The van der Waals surface area contributed by atoms with Crippen molar-refractivity contribution in [2.24, 2.45) is 5.92 Å². The van der Waals surface area contributed by atoms with Crippen molar-refractivity contribution in [3.05, 3.63) is 76.5 Å². The molecule has 0 spiro atoms. The van der Waals surface area contributed by atoms with Gasteiger partial charge in [-0.3, -0.25) is 9.59 Å². The summed E-state index contributed by atoms with van der Waals surface area (Å²) in [5.41, 5.74) is 1.95. The van der Waals surface area contributed by atoms with Gasteiger partial charge in [-0.1, -0.05) is 67.1 Å². The fraction of sp³-hybridized carbons (Fsp3) is 0.360. The van der Waals surface area contributed by atoms with Gasteiger partial charge >= 0.3 is 0 Å². The number of fused-ring (bicyclic) bond motifs is 1. The summed E-state index contributed by atoms with van der Waals surface area (Å²) in [4.78, 5) is 25.3. The minimum Gasteiger partial charge on any atom is -0.483 e. The van der Waals surface area contributed by atoms with E-state index in [1.807, 2.05) is 36.4 Å². The van der Waals surface area contributed by atoms with Gasteiger partial charge in [-0.15, -0.1) is 0 Å². The van der Waals surface area contributed by atoms with E-state index < -0.39 is 0 Å². The predicted molar refractivity (Wildman–Crippen MR) is 121 cm³/mol. The molecule has 1 saturated heterocycles. The molecule has 2 fully saturated rings. The third-order valence-corrected chi connectivity index (χ3v) is 6.46. The first kappa shape index (κ1) is 21.4. The first-order valence-corrected chi connectivity index (χ1v) is 11.2. The minimum atomic E-state index is -0.264. The van der Waals surface area contributed by atoms with Gasteiger partial charge in [0.1, 0.15) is 6.10 Å². The van der Waals surface area contributed by atoms with Gasteiger partial charge in [0.2, 0.25) is 5.91 Å². The van der Waals surface area contributed by atoms with Crippen LogP contribution >= 0.6 is 11.6 Å². The Kier molecular flexibility index (Phi) is 6.62. The molecule has 0 aromatic heterocycles. The maximum Gasteiger partial charge on any atom is 0.286 e. The molecule has 4 atom stereocenters. The summed E-state index contributed by atoms with van der Waals surface area (Å²) >= 11 is 6.20. The van der Waals surface area contributed by atoms with Crippen molar-refractivity contribution in [2.75, 3.05) is 6.54 Å². The molecule has 1 saturated carbocycles. The number of carbonyl (C=O) groups is 2. The summed E-state index contributed by atoms with van der Waals surface area (Å²) in [6.07, 6.45) is 3.59. The molecule has 162 valence electrons. The lowest BCUT2D eigenvalue weighted by molar-refractivity contribution is -0.134. The Balaban J connectivity index is 1.33. The van der Waals surface area contributed by atoms with Gasteiger partial charge < -0.3 is 15.4 Å². The second kappa shape index (κ2) is 9.56. The summed E-state index contributed by atoms with van der Waals surface area (Å²) in [6, 6.07) is 17.3. The molecule has 1 aliphatic carbocycles. The van der Waals surface area contributed by atoms with E-state index in [-0.39, 0.29) is 41.6 Å². The van der Waals surface area contributed by atoms with Crippen LogP contribution in [-0.2, 0) is 14.3 Å². The smallest absolute Gasteiger partial charge is 0.286 e. The molecular formula is C25H27ClN2O3. The summed E-state index contributed by atoms with van der Waals surface area (Å²) in [5.74, 6) is 0.181. The Morgan fingerprint density at radius 2 is 1.94 bits per heavy atom. The number of ether oxygens (including phenoxy) is 1. The first-order valence-electron chi connectivity index (χ1n) is 10.8. The number of morpholine rings is 1. The van der Waals surface area contributed by atoms with Crippen molar-refractivity contribution in [1.82, 2.24) is 10.6 Å². The first-order chi connectivity index (χ1) is 15.0. The monoisotopic (exact) mass is 438 g/mol. The lowest BCUT2D eigenvalue weighted by Crippen LogP contribution is -2.54. The van der Waals surface area contributed by atoms with Crippen LogP contribution in [0.5, 0.6) is 0 Å². The summed E-state index contributed by atoms with van der Waals surface area (Å²) in [7, 11) is 0. The van der Waals surface area contributed by atoms with Crippen LogP contribution in [0.2, 0.25) is 5.02 Å². The topological polar surface area (TPSA) is 67.4 Å². The van der Waals surface area contributed by atoms with Crippen LogP contribution in [0.15, 0.2) is 60.4 Å². The van der Waals surface area contributed by atoms with Crippen molar-refractivity contribution in [1.29, 1.82) is 0 Å². The maximum atomic E-state index is 12.7. The molecule has 0 bridgehead atoms. The molecule has 2 aromatic rings. The summed E-state index contributed by atoms with van der Waals surface area (Å²) in [5, 5.41) is 6.68. The van der Waals surface area contributed by atoms with Crippen LogP contribution in [0, 0.1) is 5.92 Å². The Morgan fingerprint density at radius 1 is 1.19 bits per heavy atom. The van der Waals surface area contributed by atoms with Gasteiger partial charge in [0.05, 0.1) is 6.04 Å². The Morgan fingerprint density at radius 3 is 2.71 bits per heavy atom. The normalized spacial score (nSPS) is 25.2. The number of amides is 2. The number of hydrogen-bond donors (Lipinski definition) is 2. The van der Waals surface area contributed by atoms with Crippen LogP contribution in [-0.4, -0.2) is 30.5 Å². The van der Waals surface area contributed by atoms with E-state index in [1.165, 1.54) is 5.56 Å². The van der Waals surface area contributed by atoms with Crippen LogP contribution < -0.4 is 10.6 Å². The van der Waals surface area contributed by atoms with Crippen molar-refractivity contribution in [2.45, 2.75) is 44.2 Å². The number of nitrogens with one attached hydrogen (secondary N) is 2. The van der Waals surface area contributed by atoms with E-state index in [2.05, 4.69) is 29.7 Å². The van der Waals surface area contributed by atoms with E-state index in [4.69, 9.17) is 16.3 Å². The highest BCUT2D eigenvalue weighted by Gasteiger charge is 2.40. The zero-order valence-electron chi connectivity index (χ0n) is 17.5. The highest BCUT2D eigenvalue weighted by Crippen LogP contribution is 2.32. The van der Waals surface area contributed by atoms with Crippen molar-refractivity contribution < 1.29 is 14.3 Å². The zero-order valence-corrected chi connectivity index (χ0v) is 18.3. The van der Waals surface area contributed by atoms with Crippen LogP contribution in [0.1, 0.15) is 43.2 Å². The highest BCUT2D eigenvalue weighted by molar-refractivity contribution is 6.32. The van der Waals surface area contributed by atoms with Crippen LogP contribution in [0.4, 0.5) is 0 Å². The second-order valence-electron chi connectivity index (χ2n) is 8.33. The number of benzene rings is 2. The van der Waals surface area contributed by atoms with Crippen molar-refractivity contribution >= 4 is 29.5 Å².